The summed E-state index contributed by atoms with van der Waals surface area (Å²) in [6.07, 6.45) is 4.18. The second-order valence-electron chi connectivity index (χ2n) is 6.58. The molecule has 0 aliphatic carbocycles. The smallest absolute Gasteiger partial charge is 0.338 e. The minimum absolute atomic E-state index is 0.311. The zero-order chi connectivity index (χ0) is 18.1. The molecule has 26 heavy (non-hydrogen) atoms. The maximum atomic E-state index is 12.0. The number of rotatable bonds is 4. The molecule has 1 aliphatic rings. The molecular weight excluding hydrogens is 328 g/mol. The Morgan fingerprint density at radius 2 is 2.04 bits per heavy atom. The molecule has 0 fully saturated rings. The maximum absolute atomic E-state index is 12.0. The summed E-state index contributed by atoms with van der Waals surface area (Å²) in [4.78, 5) is 18.8. The van der Waals surface area contributed by atoms with Gasteiger partial charge in [-0.2, -0.15) is 5.10 Å². The molecule has 0 unspecified atom stereocenters. The van der Waals surface area contributed by atoms with Gasteiger partial charge in [0.1, 0.15) is 5.69 Å². The molecule has 0 atom stereocenters. The van der Waals surface area contributed by atoms with E-state index in [1.807, 2.05) is 24.4 Å². The van der Waals surface area contributed by atoms with Gasteiger partial charge in [-0.1, -0.05) is 30.3 Å². The number of hydrogen-bond acceptors (Lipinski definition) is 4. The molecule has 3 heterocycles. The molecule has 0 spiro atoms. The van der Waals surface area contributed by atoms with E-state index < -0.39 is 5.97 Å². The van der Waals surface area contributed by atoms with E-state index in [1.165, 1.54) is 5.56 Å². The topological polar surface area (TPSA) is 71.2 Å². The number of carboxylic acids is 1. The summed E-state index contributed by atoms with van der Waals surface area (Å²) < 4.78 is 1.66. The number of nitrogens with zero attached hydrogens (tertiary/aromatic N) is 4. The van der Waals surface area contributed by atoms with Crippen LogP contribution >= 0.6 is 0 Å². The van der Waals surface area contributed by atoms with E-state index in [1.54, 1.807) is 24.0 Å². The lowest BCUT2D eigenvalue weighted by Gasteiger charge is -2.30. The van der Waals surface area contributed by atoms with Crippen molar-refractivity contribution in [2.45, 2.75) is 19.5 Å². The van der Waals surface area contributed by atoms with Crippen molar-refractivity contribution in [1.82, 2.24) is 19.7 Å². The number of aryl methyl sites for hydroxylation is 1. The summed E-state index contributed by atoms with van der Waals surface area (Å²) >= 11 is 0. The number of carbonyl (C=O) groups is 1. The first kappa shape index (κ1) is 16.5. The quantitative estimate of drug-likeness (QED) is 0.785. The van der Waals surface area contributed by atoms with E-state index in [0.29, 0.717) is 24.2 Å². The molecule has 2 aromatic heterocycles. The van der Waals surface area contributed by atoms with Crippen LogP contribution in [0.1, 0.15) is 27.0 Å². The van der Waals surface area contributed by atoms with Crippen LogP contribution < -0.4 is 0 Å². The molecule has 4 rings (SSSR count). The van der Waals surface area contributed by atoms with Crippen LogP contribution in [0.2, 0.25) is 0 Å². The third-order valence-electron chi connectivity index (χ3n) is 4.87. The number of fused-ring (bicyclic) bond motifs is 1. The molecule has 0 amide bonds. The zero-order valence-corrected chi connectivity index (χ0v) is 14.6. The number of aromatic carboxylic acids is 1. The summed E-state index contributed by atoms with van der Waals surface area (Å²) in [6, 6.07) is 12.1. The van der Waals surface area contributed by atoms with Crippen molar-refractivity contribution in [1.29, 1.82) is 0 Å². The van der Waals surface area contributed by atoms with E-state index in [-0.39, 0.29) is 0 Å². The highest BCUT2D eigenvalue weighted by atomic mass is 16.4. The zero-order valence-electron chi connectivity index (χ0n) is 14.6. The van der Waals surface area contributed by atoms with Gasteiger partial charge in [0.2, 0.25) is 0 Å². The van der Waals surface area contributed by atoms with Gasteiger partial charge in [-0.15, -0.1) is 0 Å². The van der Waals surface area contributed by atoms with Gasteiger partial charge in [-0.25, -0.2) is 4.79 Å². The molecule has 0 saturated carbocycles. The summed E-state index contributed by atoms with van der Waals surface area (Å²) in [5.74, 6) is -0.929. The van der Waals surface area contributed by atoms with Crippen molar-refractivity contribution in [3.8, 4) is 11.4 Å². The third kappa shape index (κ3) is 2.99. The highest BCUT2D eigenvalue weighted by Crippen LogP contribution is 2.30. The Morgan fingerprint density at radius 1 is 1.23 bits per heavy atom. The molecule has 1 N–H and O–H groups in total. The van der Waals surface area contributed by atoms with Crippen LogP contribution in [-0.2, 0) is 26.6 Å². The lowest BCUT2D eigenvalue weighted by Crippen LogP contribution is -2.31. The fraction of sp³-hybridized carbons (Fsp3) is 0.250. The minimum Gasteiger partial charge on any atom is -0.478 e. The Labute approximate surface area is 151 Å². The molecule has 3 aromatic rings. The van der Waals surface area contributed by atoms with Gasteiger partial charge in [0, 0.05) is 39.1 Å². The largest absolute Gasteiger partial charge is 0.478 e. The normalized spacial score (nSPS) is 14.2. The molecular formula is C20H20N4O2. The van der Waals surface area contributed by atoms with Crippen molar-refractivity contribution >= 4 is 5.97 Å². The van der Waals surface area contributed by atoms with Crippen LogP contribution in [0.15, 0.2) is 48.8 Å². The Kier molecular flexibility index (Phi) is 4.26. The maximum Gasteiger partial charge on any atom is 0.338 e. The predicted octanol–water partition coefficient (Wildman–Crippen LogP) is 2.74. The van der Waals surface area contributed by atoms with E-state index in [4.69, 9.17) is 0 Å². The summed E-state index contributed by atoms with van der Waals surface area (Å²) in [6.45, 7) is 2.40. The molecule has 0 radical (unpaired) electrons. The highest BCUT2D eigenvalue weighted by Gasteiger charge is 2.26. The second kappa shape index (κ2) is 6.72. The number of carboxylic acid groups (broad SMARTS) is 1. The fourth-order valence-corrected chi connectivity index (χ4v) is 3.61. The third-order valence-corrected chi connectivity index (χ3v) is 4.87. The van der Waals surface area contributed by atoms with Crippen LogP contribution in [0.3, 0.4) is 0 Å². The van der Waals surface area contributed by atoms with E-state index in [9.17, 15) is 9.90 Å². The van der Waals surface area contributed by atoms with Gasteiger partial charge in [-0.3, -0.25) is 14.6 Å². The standard InChI is InChI=1S/C20H20N4O2/c1-23-17(7-9-22-23)19-18(20(25)26)16-8-10-24(13-15(16)11-21-19)12-14-5-3-2-4-6-14/h2-7,9,11H,8,10,12-13H2,1H3,(H,25,26). The SMILES string of the molecule is Cn1nccc1-c1ncc2c(c1C(=O)O)CCN(Cc1ccccc1)C2. The van der Waals surface area contributed by atoms with Crippen LogP contribution in [0.5, 0.6) is 0 Å². The van der Waals surface area contributed by atoms with Gasteiger partial charge < -0.3 is 5.11 Å². The van der Waals surface area contributed by atoms with Crippen molar-refractivity contribution in [2.24, 2.45) is 7.05 Å². The van der Waals surface area contributed by atoms with Crippen molar-refractivity contribution in [3.63, 3.8) is 0 Å². The lowest BCUT2D eigenvalue weighted by molar-refractivity contribution is 0.0695. The molecule has 0 saturated heterocycles. The van der Waals surface area contributed by atoms with Gasteiger partial charge in [0.15, 0.2) is 0 Å². The Morgan fingerprint density at radius 3 is 2.73 bits per heavy atom. The van der Waals surface area contributed by atoms with E-state index in [2.05, 4.69) is 27.1 Å². The lowest BCUT2D eigenvalue weighted by atomic mass is 9.93. The summed E-state index contributed by atoms with van der Waals surface area (Å²) in [7, 11) is 1.80. The first-order valence-electron chi connectivity index (χ1n) is 8.62. The Balaban J connectivity index is 1.68. The predicted molar refractivity (Wildman–Crippen MR) is 97.7 cm³/mol. The van der Waals surface area contributed by atoms with Crippen LogP contribution in [0.4, 0.5) is 0 Å². The van der Waals surface area contributed by atoms with Gasteiger partial charge in [0.05, 0.1) is 11.3 Å². The molecule has 1 aliphatic heterocycles. The average Bonchev–Trinajstić information content (AvgIpc) is 3.07. The van der Waals surface area contributed by atoms with Crippen LogP contribution in [-0.4, -0.2) is 37.3 Å². The van der Waals surface area contributed by atoms with Crippen molar-refractivity contribution in [3.05, 3.63) is 71.0 Å². The summed E-state index contributed by atoms with van der Waals surface area (Å²) in [5.41, 5.74) is 4.67. The number of hydrogen-bond donors (Lipinski definition) is 1. The van der Waals surface area contributed by atoms with Crippen molar-refractivity contribution < 1.29 is 9.90 Å². The number of aromatic nitrogens is 3. The summed E-state index contributed by atoms with van der Waals surface area (Å²) in [5, 5.41) is 14.0. The average molecular weight is 348 g/mol. The Bertz CT molecular complexity index is 950. The second-order valence-corrected chi connectivity index (χ2v) is 6.58. The van der Waals surface area contributed by atoms with E-state index >= 15 is 0 Å². The van der Waals surface area contributed by atoms with Gasteiger partial charge >= 0.3 is 5.97 Å². The van der Waals surface area contributed by atoms with Crippen LogP contribution in [0, 0.1) is 0 Å². The molecule has 0 bridgehead atoms. The van der Waals surface area contributed by atoms with Gasteiger partial charge in [0.25, 0.3) is 0 Å². The van der Waals surface area contributed by atoms with E-state index in [0.717, 1.165) is 29.9 Å². The first-order valence-corrected chi connectivity index (χ1v) is 8.62. The molecule has 6 nitrogen and oxygen atoms in total. The number of pyridine rings is 1. The molecule has 1 aromatic carbocycles. The molecule has 6 heteroatoms. The van der Waals surface area contributed by atoms with Crippen molar-refractivity contribution in [2.75, 3.05) is 6.54 Å². The molecule has 132 valence electrons. The number of benzene rings is 1. The Hall–Kier alpha value is -2.99. The van der Waals surface area contributed by atoms with Crippen LogP contribution in [0.25, 0.3) is 11.4 Å². The fourth-order valence-electron chi connectivity index (χ4n) is 3.61. The van der Waals surface area contributed by atoms with Gasteiger partial charge in [-0.05, 0) is 29.2 Å². The minimum atomic E-state index is -0.929. The highest BCUT2D eigenvalue weighted by molar-refractivity contribution is 5.96. The monoisotopic (exact) mass is 348 g/mol. The first-order chi connectivity index (χ1) is 12.6.